The lowest BCUT2D eigenvalue weighted by molar-refractivity contribution is -0.151. The Hall–Kier alpha value is -1.43. The van der Waals surface area contributed by atoms with E-state index >= 15 is 0 Å². The summed E-state index contributed by atoms with van der Waals surface area (Å²) in [6, 6.07) is 9.73. The fraction of sp³-hybridized carbons (Fsp3) is 0.562. The Morgan fingerprint density at radius 2 is 2.14 bits per heavy atom. The fourth-order valence-electron chi connectivity index (χ4n) is 2.25. The van der Waals surface area contributed by atoms with E-state index in [1.807, 2.05) is 44.2 Å². The molecule has 1 aromatic carbocycles. The van der Waals surface area contributed by atoms with Gasteiger partial charge in [-0.1, -0.05) is 30.3 Å². The number of hydrogen-bond donors (Lipinski definition) is 2. The lowest BCUT2D eigenvalue weighted by Gasteiger charge is -2.20. The quantitative estimate of drug-likeness (QED) is 0.836. The Balaban J connectivity index is 1.67. The number of aliphatic hydroxyl groups excluding tert-OH is 1. The van der Waals surface area contributed by atoms with Crippen LogP contribution in [-0.2, 0) is 20.8 Å². The molecule has 0 bridgehead atoms. The number of ether oxygens (including phenoxy) is 2. The molecule has 2 rings (SSSR count). The summed E-state index contributed by atoms with van der Waals surface area (Å²) in [7, 11) is 0. The first-order valence-corrected chi connectivity index (χ1v) is 7.27. The highest BCUT2D eigenvalue weighted by atomic mass is 16.7. The summed E-state index contributed by atoms with van der Waals surface area (Å²) in [5.74, 6) is -0.725. The standard InChI is InChI=1S/C16H23NO4/c1-16(2)20-11-14(21-16)13(18)8-9-15(19)17-10-12-6-4-3-5-7-12/h3-7,13-14,18H,8-11H2,1-2H3,(H,17,19)/t13-,14+/m1/s1. The van der Waals surface area contributed by atoms with Gasteiger partial charge < -0.3 is 19.9 Å². The first kappa shape index (κ1) is 15.9. The highest BCUT2D eigenvalue weighted by Gasteiger charge is 2.36. The predicted molar refractivity (Wildman–Crippen MR) is 78.4 cm³/mol. The largest absolute Gasteiger partial charge is 0.390 e. The molecule has 1 heterocycles. The normalized spacial score (nSPS) is 22.0. The summed E-state index contributed by atoms with van der Waals surface area (Å²) in [5.41, 5.74) is 1.06. The van der Waals surface area contributed by atoms with Gasteiger partial charge in [-0.3, -0.25) is 4.79 Å². The third kappa shape index (κ3) is 5.12. The van der Waals surface area contributed by atoms with E-state index < -0.39 is 11.9 Å². The zero-order valence-electron chi connectivity index (χ0n) is 12.5. The molecule has 1 aliphatic rings. The number of benzene rings is 1. The molecule has 0 aromatic heterocycles. The van der Waals surface area contributed by atoms with Crippen molar-refractivity contribution in [3.05, 3.63) is 35.9 Å². The van der Waals surface area contributed by atoms with Gasteiger partial charge in [0.15, 0.2) is 5.79 Å². The molecule has 2 N–H and O–H groups in total. The zero-order chi connectivity index (χ0) is 15.3. The van der Waals surface area contributed by atoms with E-state index in [9.17, 15) is 9.90 Å². The second-order valence-electron chi connectivity index (χ2n) is 5.74. The maximum Gasteiger partial charge on any atom is 0.220 e. The monoisotopic (exact) mass is 293 g/mol. The lowest BCUT2D eigenvalue weighted by atomic mass is 10.1. The van der Waals surface area contributed by atoms with Gasteiger partial charge >= 0.3 is 0 Å². The number of aliphatic hydroxyl groups is 1. The minimum atomic E-state index is -0.686. The van der Waals surface area contributed by atoms with E-state index in [4.69, 9.17) is 9.47 Å². The van der Waals surface area contributed by atoms with E-state index in [-0.39, 0.29) is 18.4 Å². The van der Waals surface area contributed by atoms with Crippen molar-refractivity contribution >= 4 is 5.91 Å². The summed E-state index contributed by atoms with van der Waals surface area (Å²) in [6.45, 7) is 4.49. The van der Waals surface area contributed by atoms with Crippen molar-refractivity contribution in [1.82, 2.24) is 5.32 Å². The van der Waals surface area contributed by atoms with Gasteiger partial charge in [0.1, 0.15) is 6.10 Å². The minimum Gasteiger partial charge on any atom is -0.390 e. The molecule has 1 saturated heterocycles. The van der Waals surface area contributed by atoms with Crippen molar-refractivity contribution in [2.24, 2.45) is 0 Å². The Morgan fingerprint density at radius 3 is 2.76 bits per heavy atom. The molecule has 1 aliphatic heterocycles. The Kier molecular flexibility index (Phi) is 5.33. The molecule has 21 heavy (non-hydrogen) atoms. The van der Waals surface area contributed by atoms with Gasteiger partial charge in [-0.15, -0.1) is 0 Å². The third-order valence-electron chi connectivity index (χ3n) is 3.46. The molecule has 1 aromatic rings. The molecule has 1 fully saturated rings. The fourth-order valence-corrected chi connectivity index (χ4v) is 2.25. The highest BCUT2D eigenvalue weighted by Crippen LogP contribution is 2.25. The van der Waals surface area contributed by atoms with Crippen LogP contribution in [0, 0.1) is 0 Å². The number of amides is 1. The summed E-state index contributed by atoms with van der Waals surface area (Å²) < 4.78 is 11.0. The van der Waals surface area contributed by atoms with Crippen molar-refractivity contribution in [3.8, 4) is 0 Å². The molecule has 0 unspecified atom stereocenters. The van der Waals surface area contributed by atoms with Crippen LogP contribution in [0.25, 0.3) is 0 Å². The molecule has 0 spiro atoms. The van der Waals surface area contributed by atoms with Gasteiger partial charge in [-0.25, -0.2) is 0 Å². The zero-order valence-corrected chi connectivity index (χ0v) is 12.5. The molecule has 0 aliphatic carbocycles. The van der Waals surface area contributed by atoms with E-state index in [1.165, 1.54) is 0 Å². The predicted octanol–water partition coefficient (Wildman–Crippen LogP) is 1.60. The van der Waals surface area contributed by atoms with Crippen molar-refractivity contribution in [2.45, 2.75) is 51.2 Å². The van der Waals surface area contributed by atoms with Crippen LogP contribution in [0.15, 0.2) is 30.3 Å². The molecule has 0 saturated carbocycles. The van der Waals surface area contributed by atoms with Crippen molar-refractivity contribution in [2.75, 3.05) is 6.61 Å². The lowest BCUT2D eigenvalue weighted by Crippen LogP contribution is -2.32. The van der Waals surface area contributed by atoms with Gasteiger partial charge in [-0.05, 0) is 25.8 Å². The van der Waals surface area contributed by atoms with Crippen LogP contribution in [0.5, 0.6) is 0 Å². The van der Waals surface area contributed by atoms with E-state index in [1.54, 1.807) is 0 Å². The third-order valence-corrected chi connectivity index (χ3v) is 3.46. The van der Waals surface area contributed by atoms with E-state index in [2.05, 4.69) is 5.32 Å². The van der Waals surface area contributed by atoms with Crippen LogP contribution in [-0.4, -0.2) is 35.6 Å². The summed E-state index contributed by atoms with van der Waals surface area (Å²) in [6.07, 6.45) is -0.407. The van der Waals surface area contributed by atoms with Gasteiger partial charge in [0.2, 0.25) is 5.91 Å². The second-order valence-corrected chi connectivity index (χ2v) is 5.74. The maximum absolute atomic E-state index is 11.8. The molecule has 116 valence electrons. The molecule has 0 radical (unpaired) electrons. The molecule has 5 heteroatoms. The smallest absolute Gasteiger partial charge is 0.220 e. The van der Waals surface area contributed by atoms with Crippen LogP contribution in [0.4, 0.5) is 0 Å². The number of nitrogens with one attached hydrogen (secondary N) is 1. The summed E-state index contributed by atoms with van der Waals surface area (Å²) >= 11 is 0. The number of rotatable bonds is 6. The second kappa shape index (κ2) is 7.02. The first-order valence-electron chi connectivity index (χ1n) is 7.27. The van der Waals surface area contributed by atoms with Crippen molar-refractivity contribution in [1.29, 1.82) is 0 Å². The minimum absolute atomic E-state index is 0.0731. The average molecular weight is 293 g/mol. The molecule has 1 amide bonds. The molecular formula is C16H23NO4. The number of hydrogen-bond acceptors (Lipinski definition) is 4. The van der Waals surface area contributed by atoms with Crippen LogP contribution in [0.2, 0.25) is 0 Å². The number of carbonyl (C=O) groups is 1. The summed E-state index contributed by atoms with van der Waals surface area (Å²) in [5, 5.41) is 12.9. The van der Waals surface area contributed by atoms with Gasteiger partial charge in [-0.2, -0.15) is 0 Å². The van der Waals surface area contributed by atoms with Crippen molar-refractivity contribution in [3.63, 3.8) is 0 Å². The van der Waals surface area contributed by atoms with E-state index in [0.29, 0.717) is 19.6 Å². The van der Waals surface area contributed by atoms with Gasteiger partial charge in [0, 0.05) is 13.0 Å². The van der Waals surface area contributed by atoms with Crippen LogP contribution in [0.1, 0.15) is 32.3 Å². The average Bonchev–Trinajstić information content (AvgIpc) is 2.84. The van der Waals surface area contributed by atoms with Crippen LogP contribution < -0.4 is 5.32 Å². The Bertz CT molecular complexity index is 461. The van der Waals surface area contributed by atoms with Gasteiger partial charge in [0.05, 0.1) is 12.7 Å². The summed E-state index contributed by atoms with van der Waals surface area (Å²) in [4.78, 5) is 11.8. The highest BCUT2D eigenvalue weighted by molar-refractivity contribution is 5.75. The van der Waals surface area contributed by atoms with E-state index in [0.717, 1.165) is 5.56 Å². The molecule has 5 nitrogen and oxygen atoms in total. The molecule has 2 atom stereocenters. The maximum atomic E-state index is 11.8. The van der Waals surface area contributed by atoms with Crippen LogP contribution in [0.3, 0.4) is 0 Å². The van der Waals surface area contributed by atoms with Crippen molar-refractivity contribution < 1.29 is 19.4 Å². The Morgan fingerprint density at radius 1 is 1.43 bits per heavy atom. The van der Waals surface area contributed by atoms with Gasteiger partial charge in [0.25, 0.3) is 0 Å². The first-order chi connectivity index (χ1) is 9.96. The topological polar surface area (TPSA) is 67.8 Å². The SMILES string of the molecule is CC1(C)OC[C@@H]([C@H](O)CCC(=O)NCc2ccccc2)O1. The Labute approximate surface area is 125 Å². The van der Waals surface area contributed by atoms with Crippen LogP contribution >= 0.6 is 0 Å². The molecular weight excluding hydrogens is 270 g/mol. The number of carbonyl (C=O) groups excluding carboxylic acids is 1.